The molecule has 0 rings (SSSR count). The Kier molecular flexibility index (Phi) is 21.5. The second-order valence-corrected chi connectivity index (χ2v) is 8.46. The molecule has 0 saturated heterocycles. The fourth-order valence-corrected chi connectivity index (χ4v) is 5.00. The van der Waals surface area contributed by atoms with E-state index in [4.69, 9.17) is 37.0 Å². The van der Waals surface area contributed by atoms with Crippen molar-refractivity contribution in [1.82, 2.24) is 0 Å². The van der Waals surface area contributed by atoms with E-state index < -0.39 is 8.80 Å². The third kappa shape index (κ3) is 16.8. The predicted molar refractivity (Wildman–Crippen MR) is 110 cm³/mol. The van der Waals surface area contributed by atoms with Gasteiger partial charge in [-0.3, -0.25) is 0 Å². The van der Waals surface area contributed by atoms with Crippen molar-refractivity contribution < 1.29 is 37.0 Å². The molecule has 9 heteroatoms. The van der Waals surface area contributed by atoms with Gasteiger partial charge in [-0.15, -0.1) is 0 Å². The minimum absolute atomic E-state index is 0.553. The zero-order valence-corrected chi connectivity index (χ0v) is 19.4. The van der Waals surface area contributed by atoms with Gasteiger partial charge in [-0.25, -0.2) is 0 Å². The van der Waals surface area contributed by atoms with Crippen molar-refractivity contribution in [3.05, 3.63) is 0 Å². The molecule has 0 aliphatic carbocycles. The van der Waals surface area contributed by atoms with Crippen LogP contribution in [0, 0.1) is 0 Å². The Morgan fingerprint density at radius 2 is 0.786 bits per heavy atom. The first-order valence-electron chi connectivity index (χ1n) is 10.5. The van der Waals surface area contributed by atoms with Crippen LogP contribution < -0.4 is 0 Å². The minimum atomic E-state index is -2.55. The van der Waals surface area contributed by atoms with E-state index >= 15 is 0 Å². The lowest BCUT2D eigenvalue weighted by Gasteiger charge is -2.28. The highest BCUT2D eigenvalue weighted by molar-refractivity contribution is 6.60. The molecule has 0 aromatic heterocycles. The molecule has 0 aliphatic rings. The van der Waals surface area contributed by atoms with Crippen molar-refractivity contribution in [2.45, 2.75) is 40.2 Å². The van der Waals surface area contributed by atoms with Gasteiger partial charge in [-0.2, -0.15) is 0 Å². The Morgan fingerprint density at radius 1 is 0.429 bits per heavy atom. The lowest BCUT2D eigenvalue weighted by Crippen LogP contribution is -2.46. The van der Waals surface area contributed by atoms with E-state index in [9.17, 15) is 0 Å². The van der Waals surface area contributed by atoms with Crippen LogP contribution in [0.3, 0.4) is 0 Å². The van der Waals surface area contributed by atoms with Gasteiger partial charge >= 0.3 is 8.80 Å². The Hall–Kier alpha value is -0.103. The summed E-state index contributed by atoms with van der Waals surface area (Å²) in [5, 5.41) is 0. The SMILES string of the molecule is CCOCCOCCOCCOCCOCCC[Si](OCC)(OCC)OCC. The van der Waals surface area contributed by atoms with Gasteiger partial charge in [-0.1, -0.05) is 0 Å². The molecule has 28 heavy (non-hydrogen) atoms. The van der Waals surface area contributed by atoms with Crippen molar-refractivity contribution >= 4 is 8.80 Å². The molecule has 0 aliphatic heterocycles. The van der Waals surface area contributed by atoms with Crippen LogP contribution in [0.1, 0.15) is 34.1 Å². The number of ether oxygens (including phenoxy) is 5. The number of rotatable bonds is 23. The quantitative estimate of drug-likeness (QED) is 0.182. The molecule has 0 amide bonds. The summed E-state index contributed by atoms with van der Waals surface area (Å²) in [6.07, 6.45) is 0.846. The van der Waals surface area contributed by atoms with E-state index in [2.05, 4.69) is 0 Å². The summed E-state index contributed by atoms with van der Waals surface area (Å²) in [4.78, 5) is 0. The molecular formula is C19H42O8Si. The number of hydrogen-bond donors (Lipinski definition) is 0. The highest BCUT2D eigenvalue weighted by Gasteiger charge is 2.39. The van der Waals surface area contributed by atoms with Gasteiger partial charge in [0.25, 0.3) is 0 Å². The van der Waals surface area contributed by atoms with Gasteiger partial charge in [0.2, 0.25) is 0 Å². The second-order valence-electron chi connectivity index (χ2n) is 5.73. The average molecular weight is 427 g/mol. The van der Waals surface area contributed by atoms with E-state index in [-0.39, 0.29) is 0 Å². The van der Waals surface area contributed by atoms with Gasteiger partial charge in [0.05, 0.1) is 52.9 Å². The molecule has 0 radical (unpaired) electrons. The Bertz CT molecular complexity index is 293. The van der Waals surface area contributed by atoms with Crippen LogP contribution >= 0.6 is 0 Å². The topological polar surface area (TPSA) is 73.8 Å². The highest BCUT2D eigenvalue weighted by atomic mass is 28.4. The standard InChI is InChI=1S/C19H42O8Si/c1-5-20-11-12-22-15-16-24-18-17-23-14-13-21-10-9-19-28(25-6-2,26-7-3)27-8-4/h5-19H2,1-4H3. The van der Waals surface area contributed by atoms with E-state index in [0.29, 0.717) is 79.3 Å². The summed E-state index contributed by atoms with van der Waals surface area (Å²) >= 11 is 0. The van der Waals surface area contributed by atoms with Gasteiger partial charge in [0, 0.05) is 39.1 Å². The van der Waals surface area contributed by atoms with Crippen molar-refractivity contribution in [3.8, 4) is 0 Å². The fraction of sp³-hybridized carbons (Fsp3) is 1.00. The van der Waals surface area contributed by atoms with Gasteiger partial charge < -0.3 is 37.0 Å². The van der Waals surface area contributed by atoms with Crippen molar-refractivity contribution in [2.24, 2.45) is 0 Å². The summed E-state index contributed by atoms with van der Waals surface area (Å²) in [7, 11) is -2.55. The number of hydrogen-bond acceptors (Lipinski definition) is 8. The van der Waals surface area contributed by atoms with Gasteiger partial charge in [0.1, 0.15) is 0 Å². The third-order valence-electron chi connectivity index (χ3n) is 3.56. The van der Waals surface area contributed by atoms with Crippen LogP contribution in [-0.2, 0) is 37.0 Å². The first kappa shape index (κ1) is 27.9. The minimum Gasteiger partial charge on any atom is -0.379 e. The molecule has 170 valence electrons. The monoisotopic (exact) mass is 426 g/mol. The molecule has 0 N–H and O–H groups in total. The Labute approximate surface area is 172 Å². The first-order valence-corrected chi connectivity index (χ1v) is 12.5. The maximum Gasteiger partial charge on any atom is 0.501 e. The molecule has 0 saturated carbocycles. The molecule has 0 atom stereocenters. The van der Waals surface area contributed by atoms with E-state index in [1.165, 1.54) is 0 Å². The van der Waals surface area contributed by atoms with E-state index in [0.717, 1.165) is 19.1 Å². The summed E-state index contributed by atoms with van der Waals surface area (Å²) < 4.78 is 44.5. The average Bonchev–Trinajstić information content (AvgIpc) is 2.68. The van der Waals surface area contributed by atoms with Gasteiger partial charge in [-0.05, 0) is 34.1 Å². The molecular weight excluding hydrogens is 384 g/mol. The summed E-state index contributed by atoms with van der Waals surface area (Å²) in [6.45, 7) is 15.6. The lowest BCUT2D eigenvalue weighted by atomic mass is 10.5. The fourth-order valence-electron chi connectivity index (χ4n) is 2.42. The zero-order valence-electron chi connectivity index (χ0n) is 18.4. The highest BCUT2D eigenvalue weighted by Crippen LogP contribution is 2.18. The van der Waals surface area contributed by atoms with Crippen LogP contribution in [0.25, 0.3) is 0 Å². The van der Waals surface area contributed by atoms with Crippen LogP contribution in [0.15, 0.2) is 0 Å². The van der Waals surface area contributed by atoms with E-state index in [1.807, 2.05) is 27.7 Å². The summed E-state index contributed by atoms with van der Waals surface area (Å²) in [5.74, 6) is 0. The van der Waals surface area contributed by atoms with Crippen molar-refractivity contribution in [3.63, 3.8) is 0 Å². The van der Waals surface area contributed by atoms with Crippen LogP contribution in [0.2, 0.25) is 6.04 Å². The summed E-state index contributed by atoms with van der Waals surface area (Å²) in [5.41, 5.74) is 0. The summed E-state index contributed by atoms with van der Waals surface area (Å²) in [6, 6.07) is 0.768. The van der Waals surface area contributed by atoms with Crippen molar-refractivity contribution in [2.75, 3.05) is 85.9 Å². The van der Waals surface area contributed by atoms with Gasteiger partial charge in [0.15, 0.2) is 0 Å². The molecule has 0 aromatic carbocycles. The van der Waals surface area contributed by atoms with Crippen LogP contribution in [-0.4, -0.2) is 94.7 Å². The first-order chi connectivity index (χ1) is 13.7. The Morgan fingerprint density at radius 3 is 1.14 bits per heavy atom. The van der Waals surface area contributed by atoms with E-state index in [1.54, 1.807) is 0 Å². The third-order valence-corrected chi connectivity index (χ3v) is 6.71. The molecule has 0 spiro atoms. The predicted octanol–water partition coefficient (Wildman–Crippen LogP) is 2.53. The smallest absolute Gasteiger partial charge is 0.379 e. The maximum absolute atomic E-state index is 5.82. The molecule has 0 unspecified atom stereocenters. The largest absolute Gasteiger partial charge is 0.501 e. The maximum atomic E-state index is 5.82. The Balaban J connectivity index is 3.46. The van der Waals surface area contributed by atoms with Crippen LogP contribution in [0.5, 0.6) is 0 Å². The van der Waals surface area contributed by atoms with Crippen molar-refractivity contribution in [1.29, 1.82) is 0 Å². The normalized spacial score (nSPS) is 12.0. The molecule has 0 bridgehead atoms. The molecule has 0 heterocycles. The second kappa shape index (κ2) is 21.6. The van der Waals surface area contributed by atoms with Crippen LogP contribution in [0.4, 0.5) is 0 Å². The molecule has 0 aromatic rings. The zero-order chi connectivity index (χ0) is 20.8. The lowest BCUT2D eigenvalue weighted by molar-refractivity contribution is -0.0105. The molecule has 0 fully saturated rings. The molecule has 8 nitrogen and oxygen atoms in total.